The fourth-order valence-corrected chi connectivity index (χ4v) is 3.36. The van der Waals surface area contributed by atoms with Crippen molar-refractivity contribution in [2.75, 3.05) is 5.75 Å². The van der Waals surface area contributed by atoms with Gasteiger partial charge in [-0.3, -0.25) is 4.79 Å². The largest absolute Gasteiger partial charge is 0.350 e. The van der Waals surface area contributed by atoms with Gasteiger partial charge in [-0.05, 0) is 36.8 Å². The first-order valence-electron chi connectivity index (χ1n) is 8.25. The molecule has 7 heteroatoms. The number of rotatable bonds is 7. The van der Waals surface area contributed by atoms with Crippen molar-refractivity contribution in [2.24, 2.45) is 0 Å². The lowest BCUT2D eigenvalue weighted by Crippen LogP contribution is -2.26. The van der Waals surface area contributed by atoms with Gasteiger partial charge in [0.05, 0.1) is 11.7 Å². The molecule has 3 aromatic rings. The Morgan fingerprint density at radius 1 is 1.23 bits per heavy atom. The molecule has 0 aliphatic carbocycles. The first-order chi connectivity index (χ1) is 12.6. The second kappa shape index (κ2) is 8.62. The zero-order valence-corrected chi connectivity index (χ0v) is 15.1. The van der Waals surface area contributed by atoms with Crippen LogP contribution in [-0.4, -0.2) is 26.4 Å². The van der Waals surface area contributed by atoms with Gasteiger partial charge >= 0.3 is 0 Å². The summed E-state index contributed by atoms with van der Waals surface area (Å²) in [5, 5.41) is 7.05. The Morgan fingerprint density at radius 2 is 2.00 bits per heavy atom. The van der Waals surface area contributed by atoms with E-state index in [4.69, 9.17) is 0 Å². The van der Waals surface area contributed by atoms with Crippen molar-refractivity contribution in [2.45, 2.75) is 24.3 Å². The third-order valence-electron chi connectivity index (χ3n) is 3.88. The Kier molecular flexibility index (Phi) is 6.01. The smallest absolute Gasteiger partial charge is 0.221 e. The highest BCUT2D eigenvalue weighted by Gasteiger charge is 2.10. The van der Waals surface area contributed by atoms with Crippen LogP contribution in [0.1, 0.15) is 24.9 Å². The van der Waals surface area contributed by atoms with Crippen molar-refractivity contribution in [3.63, 3.8) is 0 Å². The van der Waals surface area contributed by atoms with Crippen molar-refractivity contribution in [1.82, 2.24) is 20.1 Å². The van der Waals surface area contributed by atoms with E-state index in [2.05, 4.69) is 15.4 Å². The summed E-state index contributed by atoms with van der Waals surface area (Å²) in [5.74, 6) is 0.227. The van der Waals surface area contributed by atoms with Gasteiger partial charge in [0.15, 0.2) is 0 Å². The van der Waals surface area contributed by atoms with Gasteiger partial charge in [0, 0.05) is 17.1 Å². The molecular weight excluding hydrogens is 351 g/mol. The van der Waals surface area contributed by atoms with Crippen molar-refractivity contribution in [3.05, 3.63) is 72.6 Å². The number of hydrogen-bond donors (Lipinski definition) is 1. The Labute approximate surface area is 155 Å². The second-order valence-electron chi connectivity index (χ2n) is 5.75. The van der Waals surface area contributed by atoms with Crippen LogP contribution in [0.25, 0.3) is 5.69 Å². The van der Waals surface area contributed by atoms with Crippen LogP contribution in [0.3, 0.4) is 0 Å². The van der Waals surface area contributed by atoms with Gasteiger partial charge < -0.3 is 5.32 Å². The highest BCUT2D eigenvalue weighted by atomic mass is 32.2. The lowest BCUT2D eigenvalue weighted by molar-refractivity contribution is -0.121. The highest BCUT2D eigenvalue weighted by molar-refractivity contribution is 7.99. The average molecular weight is 370 g/mol. The molecule has 1 N–H and O–H groups in total. The molecule has 0 saturated heterocycles. The van der Waals surface area contributed by atoms with Gasteiger partial charge in [-0.2, -0.15) is 5.10 Å². The Balaban J connectivity index is 1.48. The summed E-state index contributed by atoms with van der Waals surface area (Å²) in [6, 6.07) is 14.3. The fraction of sp³-hybridized carbons (Fsp3) is 0.211. The molecule has 0 fully saturated rings. The van der Waals surface area contributed by atoms with Crippen LogP contribution in [0, 0.1) is 5.82 Å². The summed E-state index contributed by atoms with van der Waals surface area (Å²) < 4.78 is 15.2. The van der Waals surface area contributed by atoms with E-state index in [1.54, 1.807) is 29.2 Å². The topological polar surface area (TPSA) is 59.8 Å². The molecule has 0 aliphatic heterocycles. The Hall–Kier alpha value is -2.67. The number of aromatic nitrogens is 3. The SMILES string of the molecule is C[C@H](NC(=O)CCSc1ccccc1F)c1ccc(-n2cncn2)cc1. The lowest BCUT2D eigenvalue weighted by Gasteiger charge is -2.15. The predicted molar refractivity (Wildman–Crippen MR) is 99.7 cm³/mol. The molecule has 26 heavy (non-hydrogen) atoms. The van der Waals surface area contributed by atoms with Crippen molar-refractivity contribution < 1.29 is 9.18 Å². The van der Waals surface area contributed by atoms with Gasteiger partial charge in [-0.15, -0.1) is 11.8 Å². The molecule has 3 rings (SSSR count). The zero-order chi connectivity index (χ0) is 18.4. The Bertz CT molecular complexity index is 852. The molecule has 0 saturated carbocycles. The minimum atomic E-state index is -0.251. The molecule has 134 valence electrons. The van der Waals surface area contributed by atoms with E-state index in [1.165, 1.54) is 24.2 Å². The predicted octanol–water partition coefficient (Wildman–Crippen LogP) is 3.77. The van der Waals surface area contributed by atoms with Crippen LogP contribution in [-0.2, 0) is 4.79 Å². The lowest BCUT2D eigenvalue weighted by atomic mass is 10.1. The van der Waals surface area contributed by atoms with E-state index in [-0.39, 0.29) is 17.8 Å². The maximum absolute atomic E-state index is 13.5. The van der Waals surface area contributed by atoms with Crippen LogP contribution in [0.2, 0.25) is 0 Å². The van der Waals surface area contributed by atoms with E-state index in [1.807, 2.05) is 31.2 Å². The van der Waals surface area contributed by atoms with Crippen molar-refractivity contribution >= 4 is 17.7 Å². The first-order valence-corrected chi connectivity index (χ1v) is 9.23. The number of amides is 1. The summed E-state index contributed by atoms with van der Waals surface area (Å²) in [6.07, 6.45) is 3.45. The second-order valence-corrected chi connectivity index (χ2v) is 6.89. The van der Waals surface area contributed by atoms with Gasteiger partial charge in [-0.25, -0.2) is 14.1 Å². The number of benzene rings is 2. The maximum atomic E-state index is 13.5. The summed E-state index contributed by atoms with van der Waals surface area (Å²) in [5.41, 5.74) is 1.91. The summed E-state index contributed by atoms with van der Waals surface area (Å²) in [4.78, 5) is 16.6. The number of nitrogens with zero attached hydrogens (tertiary/aromatic N) is 3. The molecule has 1 amide bonds. The third kappa shape index (κ3) is 4.70. The van der Waals surface area contributed by atoms with Gasteiger partial charge in [0.25, 0.3) is 0 Å². The molecule has 0 spiro atoms. The van der Waals surface area contributed by atoms with E-state index >= 15 is 0 Å². The van der Waals surface area contributed by atoms with Gasteiger partial charge in [0.2, 0.25) is 5.91 Å². The minimum Gasteiger partial charge on any atom is -0.350 e. The number of hydrogen-bond acceptors (Lipinski definition) is 4. The third-order valence-corrected chi connectivity index (χ3v) is 4.93. The highest BCUT2D eigenvalue weighted by Crippen LogP contribution is 2.22. The molecule has 1 heterocycles. The van der Waals surface area contributed by atoms with Gasteiger partial charge in [-0.1, -0.05) is 24.3 Å². The number of carbonyl (C=O) groups excluding carboxylic acids is 1. The van der Waals surface area contributed by atoms with E-state index < -0.39 is 0 Å². The molecular formula is C19H19FN4OS. The van der Waals surface area contributed by atoms with Crippen molar-refractivity contribution in [3.8, 4) is 5.69 Å². The van der Waals surface area contributed by atoms with E-state index in [9.17, 15) is 9.18 Å². The molecule has 0 aliphatic rings. The molecule has 1 atom stereocenters. The summed E-state index contributed by atoms with van der Waals surface area (Å²) in [6.45, 7) is 1.94. The van der Waals surface area contributed by atoms with Crippen LogP contribution in [0.5, 0.6) is 0 Å². The molecule has 0 unspecified atom stereocenters. The Morgan fingerprint density at radius 3 is 2.69 bits per heavy atom. The summed E-state index contributed by atoms with van der Waals surface area (Å²) in [7, 11) is 0. The normalized spacial score (nSPS) is 11.9. The molecule has 1 aromatic heterocycles. The number of thioether (sulfide) groups is 1. The quantitative estimate of drug-likeness (QED) is 0.643. The average Bonchev–Trinajstić information content (AvgIpc) is 3.18. The number of nitrogens with one attached hydrogen (secondary N) is 1. The number of halogens is 1. The van der Waals surface area contributed by atoms with E-state index in [0.717, 1.165) is 11.3 Å². The molecule has 0 bridgehead atoms. The van der Waals surface area contributed by atoms with Crippen LogP contribution < -0.4 is 5.32 Å². The minimum absolute atomic E-state index is 0.0540. The van der Waals surface area contributed by atoms with Crippen LogP contribution >= 0.6 is 11.8 Å². The van der Waals surface area contributed by atoms with Crippen LogP contribution in [0.4, 0.5) is 4.39 Å². The monoisotopic (exact) mass is 370 g/mol. The molecule has 2 aromatic carbocycles. The van der Waals surface area contributed by atoms with Crippen LogP contribution in [0.15, 0.2) is 66.1 Å². The van der Waals surface area contributed by atoms with E-state index in [0.29, 0.717) is 17.1 Å². The first kappa shape index (κ1) is 18.1. The standard InChI is InChI=1S/C19H19FN4OS/c1-14(15-6-8-16(9-7-15)24-13-21-12-22-24)23-19(25)10-11-26-18-5-3-2-4-17(18)20/h2-9,12-14H,10-11H2,1H3,(H,23,25)/t14-/m0/s1. The number of carbonyl (C=O) groups is 1. The fourth-order valence-electron chi connectivity index (χ4n) is 2.47. The molecule has 5 nitrogen and oxygen atoms in total. The van der Waals surface area contributed by atoms with Gasteiger partial charge in [0.1, 0.15) is 18.5 Å². The van der Waals surface area contributed by atoms with Crippen molar-refractivity contribution in [1.29, 1.82) is 0 Å². The summed E-state index contributed by atoms with van der Waals surface area (Å²) >= 11 is 1.35. The molecule has 0 radical (unpaired) electrons. The zero-order valence-electron chi connectivity index (χ0n) is 14.3. The maximum Gasteiger partial charge on any atom is 0.221 e.